The predicted molar refractivity (Wildman–Crippen MR) is 79.5 cm³/mol. The van der Waals surface area contributed by atoms with E-state index in [1.165, 1.54) is 0 Å². The topological polar surface area (TPSA) is 58.2 Å². The molecule has 1 fully saturated rings. The lowest BCUT2D eigenvalue weighted by molar-refractivity contribution is 0.404. The van der Waals surface area contributed by atoms with Crippen LogP contribution in [-0.2, 0) is 10.0 Å². The Bertz CT molecular complexity index is 543. The summed E-state index contributed by atoms with van der Waals surface area (Å²) >= 11 is 11.8. The van der Waals surface area contributed by atoms with Gasteiger partial charge in [0.2, 0.25) is 10.0 Å². The molecule has 1 aromatic rings. The van der Waals surface area contributed by atoms with E-state index >= 15 is 0 Å². The number of hydrogen-bond acceptors (Lipinski definition) is 3. The zero-order valence-corrected chi connectivity index (χ0v) is 12.7. The first kappa shape index (κ1) is 14.9. The van der Waals surface area contributed by atoms with Crippen LogP contribution >= 0.6 is 23.2 Å². The second-order valence-corrected chi connectivity index (χ2v) is 7.25. The maximum atomic E-state index is 12.1. The minimum absolute atomic E-state index is 0.100. The molecule has 0 aliphatic carbocycles. The maximum Gasteiger partial charge on any atom is 0.233 e. The number of sulfonamides is 1. The van der Waals surface area contributed by atoms with Gasteiger partial charge in [0.15, 0.2) is 0 Å². The molecule has 0 amide bonds. The normalized spacial score (nSPS) is 20.2. The van der Waals surface area contributed by atoms with Gasteiger partial charge in [0.05, 0.1) is 21.5 Å². The van der Waals surface area contributed by atoms with Crippen molar-refractivity contribution in [3.63, 3.8) is 0 Å². The van der Waals surface area contributed by atoms with Gasteiger partial charge in [-0.15, -0.1) is 0 Å². The third-order valence-electron chi connectivity index (χ3n) is 3.07. The van der Waals surface area contributed by atoms with E-state index in [1.807, 2.05) is 0 Å². The Balaban J connectivity index is 2.06. The van der Waals surface area contributed by atoms with E-state index in [0.717, 1.165) is 25.9 Å². The second-order valence-electron chi connectivity index (χ2n) is 4.70. The van der Waals surface area contributed by atoms with Crippen molar-refractivity contribution >= 4 is 38.9 Å². The SMILES string of the molecule is O=S(=O)(CC1CCCNC1)Nc1cccc(Cl)c1Cl. The first-order valence-electron chi connectivity index (χ1n) is 6.13. The number of hydrogen-bond donors (Lipinski definition) is 2. The van der Waals surface area contributed by atoms with Crippen LogP contribution in [-0.4, -0.2) is 27.3 Å². The third-order valence-corrected chi connectivity index (χ3v) is 5.33. The van der Waals surface area contributed by atoms with Crippen LogP contribution in [0.15, 0.2) is 18.2 Å². The standard InChI is InChI=1S/C12H16Cl2N2O2S/c13-10-4-1-5-11(12(10)14)16-19(17,18)8-9-3-2-6-15-7-9/h1,4-5,9,15-16H,2-3,6-8H2. The van der Waals surface area contributed by atoms with Gasteiger partial charge in [-0.05, 0) is 44.0 Å². The summed E-state index contributed by atoms with van der Waals surface area (Å²) in [5, 5.41) is 3.77. The molecule has 0 bridgehead atoms. The highest BCUT2D eigenvalue weighted by atomic mass is 35.5. The molecule has 1 aliphatic heterocycles. The van der Waals surface area contributed by atoms with Crippen LogP contribution < -0.4 is 10.0 Å². The number of anilines is 1. The molecule has 0 spiro atoms. The van der Waals surface area contributed by atoms with Crippen molar-refractivity contribution in [3.05, 3.63) is 28.2 Å². The molecule has 1 aliphatic rings. The predicted octanol–water partition coefficient (Wildman–Crippen LogP) is 2.73. The number of benzene rings is 1. The van der Waals surface area contributed by atoms with E-state index in [0.29, 0.717) is 10.7 Å². The van der Waals surface area contributed by atoms with Crippen LogP contribution in [0.5, 0.6) is 0 Å². The summed E-state index contributed by atoms with van der Waals surface area (Å²) in [5.74, 6) is 0.243. The van der Waals surface area contributed by atoms with E-state index in [9.17, 15) is 8.42 Å². The van der Waals surface area contributed by atoms with Crippen molar-refractivity contribution in [1.82, 2.24) is 5.32 Å². The first-order valence-corrected chi connectivity index (χ1v) is 8.54. The Hall–Kier alpha value is -0.490. The van der Waals surface area contributed by atoms with Gasteiger partial charge in [-0.1, -0.05) is 29.3 Å². The van der Waals surface area contributed by atoms with Gasteiger partial charge in [-0.25, -0.2) is 8.42 Å². The smallest absolute Gasteiger partial charge is 0.233 e. The molecule has 1 saturated heterocycles. The molecular formula is C12H16Cl2N2O2S. The molecular weight excluding hydrogens is 307 g/mol. The lowest BCUT2D eigenvalue weighted by atomic mass is 10.0. The van der Waals surface area contributed by atoms with Gasteiger partial charge in [-0.2, -0.15) is 0 Å². The van der Waals surface area contributed by atoms with E-state index < -0.39 is 10.0 Å². The molecule has 106 valence electrons. The second kappa shape index (κ2) is 6.31. The monoisotopic (exact) mass is 322 g/mol. The average molecular weight is 323 g/mol. The number of halogens is 2. The van der Waals surface area contributed by atoms with E-state index in [2.05, 4.69) is 10.0 Å². The summed E-state index contributed by atoms with van der Waals surface area (Å²) in [4.78, 5) is 0. The molecule has 0 saturated carbocycles. The van der Waals surface area contributed by atoms with Gasteiger partial charge < -0.3 is 5.32 Å². The Labute approximate surface area is 123 Å². The molecule has 1 heterocycles. The summed E-state index contributed by atoms with van der Waals surface area (Å²) in [6, 6.07) is 4.88. The van der Waals surface area contributed by atoms with E-state index in [4.69, 9.17) is 23.2 Å². The molecule has 1 atom stereocenters. The number of piperidine rings is 1. The third kappa shape index (κ3) is 4.24. The van der Waals surface area contributed by atoms with Crippen LogP contribution in [0.1, 0.15) is 12.8 Å². The van der Waals surface area contributed by atoms with Crippen LogP contribution in [0.2, 0.25) is 10.0 Å². The summed E-state index contributed by atoms with van der Waals surface area (Å²) in [6.45, 7) is 1.70. The number of rotatable bonds is 4. The molecule has 19 heavy (non-hydrogen) atoms. The molecule has 2 rings (SSSR count). The summed E-state index contributed by atoms with van der Waals surface area (Å²) < 4.78 is 26.7. The zero-order chi connectivity index (χ0) is 13.9. The highest BCUT2D eigenvalue weighted by Crippen LogP contribution is 2.30. The lowest BCUT2D eigenvalue weighted by Crippen LogP contribution is -2.35. The van der Waals surface area contributed by atoms with Gasteiger partial charge in [-0.3, -0.25) is 4.72 Å². The van der Waals surface area contributed by atoms with Crippen LogP contribution in [0, 0.1) is 5.92 Å². The van der Waals surface area contributed by atoms with Crippen molar-refractivity contribution in [2.75, 3.05) is 23.6 Å². The van der Waals surface area contributed by atoms with Gasteiger partial charge in [0.25, 0.3) is 0 Å². The highest BCUT2D eigenvalue weighted by molar-refractivity contribution is 7.92. The summed E-state index contributed by atoms with van der Waals surface area (Å²) in [7, 11) is -3.41. The van der Waals surface area contributed by atoms with Crippen LogP contribution in [0.4, 0.5) is 5.69 Å². The van der Waals surface area contributed by atoms with Gasteiger partial charge in [0, 0.05) is 0 Å². The summed E-state index contributed by atoms with van der Waals surface area (Å²) in [6.07, 6.45) is 1.94. The fourth-order valence-corrected chi connectivity index (χ4v) is 4.07. The molecule has 0 radical (unpaired) electrons. The highest BCUT2D eigenvalue weighted by Gasteiger charge is 2.22. The summed E-state index contributed by atoms with van der Waals surface area (Å²) in [5.41, 5.74) is 0.331. The van der Waals surface area contributed by atoms with Crippen molar-refractivity contribution in [2.45, 2.75) is 12.8 Å². The van der Waals surface area contributed by atoms with Crippen molar-refractivity contribution in [3.8, 4) is 0 Å². The quantitative estimate of drug-likeness (QED) is 0.896. The fourth-order valence-electron chi connectivity index (χ4n) is 2.17. The number of nitrogens with one attached hydrogen (secondary N) is 2. The minimum atomic E-state index is -3.41. The average Bonchev–Trinajstić information content (AvgIpc) is 2.35. The molecule has 4 nitrogen and oxygen atoms in total. The van der Waals surface area contributed by atoms with Crippen LogP contribution in [0.25, 0.3) is 0 Å². The maximum absolute atomic E-state index is 12.1. The van der Waals surface area contributed by atoms with Crippen molar-refractivity contribution < 1.29 is 8.42 Å². The van der Waals surface area contributed by atoms with Gasteiger partial charge >= 0.3 is 0 Å². The largest absolute Gasteiger partial charge is 0.316 e. The van der Waals surface area contributed by atoms with Crippen LogP contribution in [0.3, 0.4) is 0 Å². The molecule has 0 aromatic heterocycles. The molecule has 7 heteroatoms. The molecule has 2 N–H and O–H groups in total. The Morgan fingerprint density at radius 1 is 1.37 bits per heavy atom. The Morgan fingerprint density at radius 3 is 2.84 bits per heavy atom. The van der Waals surface area contributed by atoms with Crippen molar-refractivity contribution in [1.29, 1.82) is 0 Å². The lowest BCUT2D eigenvalue weighted by Gasteiger charge is -2.22. The van der Waals surface area contributed by atoms with E-state index in [1.54, 1.807) is 18.2 Å². The molecule has 1 aromatic carbocycles. The van der Waals surface area contributed by atoms with Crippen molar-refractivity contribution in [2.24, 2.45) is 5.92 Å². The minimum Gasteiger partial charge on any atom is -0.316 e. The molecule has 1 unspecified atom stereocenters. The first-order chi connectivity index (χ1) is 8.98. The Morgan fingerprint density at radius 2 is 2.16 bits per heavy atom. The van der Waals surface area contributed by atoms with Gasteiger partial charge in [0.1, 0.15) is 0 Å². The Kier molecular flexibility index (Phi) is 4.95. The zero-order valence-electron chi connectivity index (χ0n) is 10.3. The fraction of sp³-hybridized carbons (Fsp3) is 0.500. The van der Waals surface area contributed by atoms with E-state index in [-0.39, 0.29) is 16.7 Å².